The molecule has 0 radical (unpaired) electrons. The van der Waals surface area contributed by atoms with Crippen LogP contribution < -0.4 is 10.3 Å². The van der Waals surface area contributed by atoms with E-state index >= 15 is 0 Å². The number of fused-ring (bicyclic) bond motifs is 1. The molecular weight excluding hydrogens is 460 g/mol. The predicted octanol–water partition coefficient (Wildman–Crippen LogP) is 4.38. The number of nitrogens with zero attached hydrogens (tertiary/aromatic N) is 4. The highest BCUT2D eigenvalue weighted by Crippen LogP contribution is 2.30. The lowest BCUT2D eigenvalue weighted by atomic mass is 10.2. The minimum Gasteiger partial charge on any atom is -0.497 e. The van der Waals surface area contributed by atoms with Gasteiger partial charge in [0.25, 0.3) is 5.56 Å². The van der Waals surface area contributed by atoms with E-state index in [4.69, 9.17) is 9.72 Å². The van der Waals surface area contributed by atoms with Gasteiger partial charge in [-0.1, -0.05) is 42.1 Å². The third-order valence-electron chi connectivity index (χ3n) is 6.01. The van der Waals surface area contributed by atoms with Crippen LogP contribution in [0.3, 0.4) is 0 Å². The van der Waals surface area contributed by atoms with Crippen molar-refractivity contribution in [1.82, 2.24) is 19.4 Å². The van der Waals surface area contributed by atoms with Crippen LogP contribution in [0.5, 0.6) is 5.75 Å². The molecule has 0 atom stereocenters. The van der Waals surface area contributed by atoms with Crippen molar-refractivity contribution in [2.45, 2.75) is 37.5 Å². The number of thioether (sulfide) groups is 1. The molecule has 2 heterocycles. The first-order chi connectivity index (χ1) is 17.0. The molecule has 0 aliphatic heterocycles. The topological polar surface area (TPSA) is 77.3 Å². The van der Waals surface area contributed by atoms with E-state index in [9.17, 15) is 9.59 Å². The van der Waals surface area contributed by atoms with Crippen molar-refractivity contribution >= 4 is 28.6 Å². The third kappa shape index (κ3) is 5.07. The molecule has 2 aromatic heterocycles. The van der Waals surface area contributed by atoms with Crippen molar-refractivity contribution in [2.24, 2.45) is 0 Å². The summed E-state index contributed by atoms with van der Waals surface area (Å²) in [6.07, 6.45) is 3.75. The summed E-state index contributed by atoms with van der Waals surface area (Å²) in [5.74, 6) is 1.49. The van der Waals surface area contributed by atoms with E-state index in [1.807, 2.05) is 60.4 Å². The van der Waals surface area contributed by atoms with Gasteiger partial charge in [-0.2, -0.15) is 0 Å². The van der Waals surface area contributed by atoms with Crippen LogP contribution in [-0.4, -0.2) is 44.2 Å². The molecule has 0 unspecified atom stereocenters. The Bertz CT molecular complexity index is 1410. The Morgan fingerprint density at radius 3 is 2.57 bits per heavy atom. The van der Waals surface area contributed by atoms with Crippen molar-refractivity contribution in [3.63, 3.8) is 0 Å². The molecule has 0 saturated heterocycles. The van der Waals surface area contributed by atoms with E-state index in [2.05, 4.69) is 4.98 Å². The van der Waals surface area contributed by atoms with Crippen LogP contribution in [0.25, 0.3) is 16.7 Å². The SMILES string of the molecule is COc1ccc(CN(C(=O)CSc2nc3ccccc3c(=O)n2-c2ccc(C)cn2)C2CC2)cc1. The second-order valence-corrected chi connectivity index (χ2v) is 9.58. The van der Waals surface area contributed by atoms with Gasteiger partial charge in [0.2, 0.25) is 5.91 Å². The minimum atomic E-state index is -0.195. The highest BCUT2D eigenvalue weighted by Gasteiger charge is 2.32. The first-order valence-corrected chi connectivity index (χ1v) is 12.5. The lowest BCUT2D eigenvalue weighted by molar-refractivity contribution is -0.129. The van der Waals surface area contributed by atoms with Crippen LogP contribution >= 0.6 is 11.8 Å². The van der Waals surface area contributed by atoms with E-state index in [0.717, 1.165) is 29.7 Å². The van der Waals surface area contributed by atoms with Gasteiger partial charge in [-0.05, 0) is 61.2 Å². The number of aryl methyl sites for hydroxylation is 1. The summed E-state index contributed by atoms with van der Waals surface area (Å²) in [5.41, 5.74) is 2.46. The fourth-order valence-corrected chi connectivity index (χ4v) is 4.83. The average Bonchev–Trinajstić information content (AvgIpc) is 3.72. The number of carbonyl (C=O) groups excluding carboxylic acids is 1. The van der Waals surface area contributed by atoms with Gasteiger partial charge in [0.1, 0.15) is 11.6 Å². The number of ether oxygens (including phenoxy) is 1. The van der Waals surface area contributed by atoms with Gasteiger partial charge in [0.05, 0.1) is 23.8 Å². The van der Waals surface area contributed by atoms with Crippen LogP contribution in [0.1, 0.15) is 24.0 Å². The van der Waals surface area contributed by atoms with Gasteiger partial charge < -0.3 is 9.64 Å². The second kappa shape index (κ2) is 9.92. The molecule has 1 aliphatic rings. The normalized spacial score (nSPS) is 13.1. The van der Waals surface area contributed by atoms with Crippen molar-refractivity contribution in [2.75, 3.05) is 12.9 Å². The Labute approximate surface area is 207 Å². The molecule has 2 aromatic carbocycles. The zero-order chi connectivity index (χ0) is 24.4. The molecule has 0 N–H and O–H groups in total. The molecule has 178 valence electrons. The molecule has 1 amide bonds. The second-order valence-electron chi connectivity index (χ2n) is 8.64. The highest BCUT2D eigenvalue weighted by molar-refractivity contribution is 7.99. The van der Waals surface area contributed by atoms with Gasteiger partial charge >= 0.3 is 0 Å². The van der Waals surface area contributed by atoms with Gasteiger partial charge in [0.15, 0.2) is 5.16 Å². The molecule has 35 heavy (non-hydrogen) atoms. The fourth-order valence-electron chi connectivity index (χ4n) is 3.95. The molecule has 0 bridgehead atoms. The number of amides is 1. The standard InChI is InChI=1S/C27H26N4O3S/c1-18-7-14-24(28-15-18)31-26(33)22-5-3-4-6-23(22)29-27(31)35-17-25(32)30(20-10-11-20)16-19-8-12-21(34-2)13-9-19/h3-9,12-15,20H,10-11,16-17H2,1-2H3. The number of pyridine rings is 1. The number of hydrogen-bond acceptors (Lipinski definition) is 6. The zero-order valence-corrected chi connectivity index (χ0v) is 20.5. The number of methoxy groups -OCH3 is 1. The molecule has 1 saturated carbocycles. The average molecular weight is 487 g/mol. The Morgan fingerprint density at radius 2 is 1.89 bits per heavy atom. The van der Waals surface area contributed by atoms with Crippen molar-refractivity contribution < 1.29 is 9.53 Å². The number of hydrogen-bond donors (Lipinski definition) is 0. The monoisotopic (exact) mass is 486 g/mol. The van der Waals surface area contributed by atoms with Crippen LogP contribution in [0.15, 0.2) is 76.8 Å². The summed E-state index contributed by atoms with van der Waals surface area (Å²) in [6, 6.07) is 19.0. The van der Waals surface area contributed by atoms with E-state index in [0.29, 0.717) is 28.4 Å². The highest BCUT2D eigenvalue weighted by atomic mass is 32.2. The molecule has 4 aromatic rings. The summed E-state index contributed by atoms with van der Waals surface area (Å²) >= 11 is 1.27. The molecule has 0 spiro atoms. The number of rotatable bonds is 8. The van der Waals surface area contributed by atoms with Crippen molar-refractivity contribution in [3.8, 4) is 11.6 Å². The lowest BCUT2D eigenvalue weighted by Crippen LogP contribution is -2.34. The molecule has 1 aliphatic carbocycles. The summed E-state index contributed by atoms with van der Waals surface area (Å²) in [6.45, 7) is 2.49. The Hall–Kier alpha value is -3.65. The largest absolute Gasteiger partial charge is 0.497 e. The van der Waals surface area contributed by atoms with Crippen molar-refractivity contribution in [3.05, 3.63) is 88.3 Å². The third-order valence-corrected chi connectivity index (χ3v) is 6.94. The number of para-hydroxylation sites is 1. The van der Waals surface area contributed by atoms with E-state index in [1.54, 1.807) is 25.4 Å². The molecule has 1 fully saturated rings. The maximum absolute atomic E-state index is 13.4. The number of aromatic nitrogens is 3. The van der Waals surface area contributed by atoms with Gasteiger partial charge in [0, 0.05) is 18.8 Å². The smallest absolute Gasteiger partial charge is 0.267 e. The molecule has 7 nitrogen and oxygen atoms in total. The summed E-state index contributed by atoms with van der Waals surface area (Å²) in [5, 5.41) is 0.975. The van der Waals surface area contributed by atoms with E-state index < -0.39 is 0 Å². The fraction of sp³-hybridized carbons (Fsp3) is 0.259. The summed E-state index contributed by atoms with van der Waals surface area (Å²) < 4.78 is 6.74. The van der Waals surface area contributed by atoms with Crippen molar-refractivity contribution in [1.29, 1.82) is 0 Å². The number of carbonyl (C=O) groups is 1. The zero-order valence-electron chi connectivity index (χ0n) is 19.7. The Balaban J connectivity index is 1.42. The van der Waals surface area contributed by atoms with E-state index in [1.165, 1.54) is 16.3 Å². The van der Waals surface area contributed by atoms with Crippen LogP contribution in [-0.2, 0) is 11.3 Å². The van der Waals surface area contributed by atoms with Gasteiger partial charge in [-0.25, -0.2) is 14.5 Å². The maximum atomic E-state index is 13.4. The Morgan fingerprint density at radius 1 is 1.11 bits per heavy atom. The summed E-state index contributed by atoms with van der Waals surface area (Å²) in [4.78, 5) is 37.8. The molecule has 8 heteroatoms. The Kier molecular flexibility index (Phi) is 6.55. The minimum absolute atomic E-state index is 0.0270. The van der Waals surface area contributed by atoms with Crippen LogP contribution in [0.4, 0.5) is 0 Å². The molecular formula is C27H26N4O3S. The summed E-state index contributed by atoms with van der Waals surface area (Å²) in [7, 11) is 1.64. The lowest BCUT2D eigenvalue weighted by Gasteiger charge is -2.23. The van der Waals surface area contributed by atoms with Crippen LogP contribution in [0, 0.1) is 6.92 Å². The first-order valence-electron chi connectivity index (χ1n) is 11.5. The quantitative estimate of drug-likeness (QED) is 0.272. The van der Waals surface area contributed by atoms with E-state index in [-0.39, 0.29) is 23.3 Å². The molecule has 5 rings (SSSR count). The first kappa shape index (κ1) is 23.1. The van der Waals surface area contributed by atoms with Gasteiger partial charge in [-0.3, -0.25) is 9.59 Å². The van der Waals surface area contributed by atoms with Gasteiger partial charge in [-0.15, -0.1) is 0 Å². The van der Waals surface area contributed by atoms with Crippen LogP contribution in [0.2, 0.25) is 0 Å². The number of benzene rings is 2. The maximum Gasteiger partial charge on any atom is 0.267 e. The predicted molar refractivity (Wildman–Crippen MR) is 137 cm³/mol.